The third-order valence-electron chi connectivity index (χ3n) is 4.88. The van der Waals surface area contributed by atoms with Crippen molar-refractivity contribution in [3.8, 4) is 5.75 Å². The van der Waals surface area contributed by atoms with E-state index in [-0.39, 0.29) is 18.2 Å². The number of amides is 2. The van der Waals surface area contributed by atoms with Crippen LogP contribution in [0.4, 0.5) is 5.69 Å². The molecular weight excluding hydrogens is 382 g/mol. The second kappa shape index (κ2) is 9.93. The van der Waals surface area contributed by atoms with E-state index in [1.807, 2.05) is 54.7 Å². The summed E-state index contributed by atoms with van der Waals surface area (Å²) in [6, 6.07) is 14.7. The van der Waals surface area contributed by atoms with Crippen molar-refractivity contribution in [3.05, 3.63) is 60.3 Å². The van der Waals surface area contributed by atoms with Crippen molar-refractivity contribution in [2.45, 2.75) is 25.9 Å². The van der Waals surface area contributed by atoms with Crippen LogP contribution in [0.3, 0.4) is 0 Å². The third-order valence-corrected chi connectivity index (χ3v) is 4.88. The number of nitrogens with zero attached hydrogens (tertiary/aromatic N) is 1. The number of anilines is 1. The predicted octanol–water partition coefficient (Wildman–Crippen LogP) is 3.50. The van der Waals surface area contributed by atoms with Crippen LogP contribution < -0.4 is 15.4 Å². The van der Waals surface area contributed by atoms with E-state index in [0.717, 1.165) is 28.8 Å². The van der Waals surface area contributed by atoms with E-state index in [9.17, 15) is 9.59 Å². The number of nitrogens with one attached hydrogen (secondary N) is 2. The van der Waals surface area contributed by atoms with Crippen molar-refractivity contribution in [2.24, 2.45) is 0 Å². The summed E-state index contributed by atoms with van der Waals surface area (Å²) in [4.78, 5) is 24.3. The van der Waals surface area contributed by atoms with Gasteiger partial charge in [0.05, 0.1) is 26.2 Å². The van der Waals surface area contributed by atoms with Crippen LogP contribution in [-0.4, -0.2) is 37.2 Å². The fourth-order valence-corrected chi connectivity index (χ4v) is 3.39. The van der Waals surface area contributed by atoms with Gasteiger partial charge >= 0.3 is 0 Å². The van der Waals surface area contributed by atoms with Crippen LogP contribution >= 0.6 is 0 Å². The highest BCUT2D eigenvalue weighted by atomic mass is 16.5. The SMILES string of the molecule is COCCn1ccc2cc(NC(=O)CC(NC(C)=O)c3ccc(OC)cc3)ccc21. The number of hydrogen-bond acceptors (Lipinski definition) is 4. The van der Waals surface area contributed by atoms with E-state index in [1.54, 1.807) is 14.2 Å². The Morgan fingerprint density at radius 3 is 2.50 bits per heavy atom. The van der Waals surface area contributed by atoms with Crippen LogP contribution in [0.2, 0.25) is 0 Å². The van der Waals surface area contributed by atoms with Gasteiger partial charge in [0.25, 0.3) is 0 Å². The maximum atomic E-state index is 12.7. The van der Waals surface area contributed by atoms with Gasteiger partial charge in [0, 0.05) is 43.4 Å². The summed E-state index contributed by atoms with van der Waals surface area (Å²) in [5, 5.41) is 6.82. The lowest BCUT2D eigenvalue weighted by Gasteiger charge is -2.18. The molecule has 3 rings (SSSR count). The first-order valence-corrected chi connectivity index (χ1v) is 9.79. The summed E-state index contributed by atoms with van der Waals surface area (Å²) in [7, 11) is 3.27. The second-order valence-corrected chi connectivity index (χ2v) is 7.05. The minimum Gasteiger partial charge on any atom is -0.497 e. The smallest absolute Gasteiger partial charge is 0.226 e. The molecule has 7 nitrogen and oxygen atoms in total. The molecule has 0 aliphatic heterocycles. The van der Waals surface area contributed by atoms with Crippen LogP contribution in [0.15, 0.2) is 54.7 Å². The molecule has 2 amide bonds. The molecule has 2 N–H and O–H groups in total. The highest BCUT2D eigenvalue weighted by Gasteiger charge is 2.17. The Hall–Kier alpha value is -3.32. The minimum atomic E-state index is -0.424. The summed E-state index contributed by atoms with van der Waals surface area (Å²) in [5.41, 5.74) is 2.64. The molecule has 0 aliphatic carbocycles. The molecule has 3 aromatic rings. The van der Waals surface area contributed by atoms with Gasteiger partial charge in [-0.15, -0.1) is 0 Å². The minimum absolute atomic E-state index is 0.124. The van der Waals surface area contributed by atoms with Crippen molar-refractivity contribution in [1.82, 2.24) is 9.88 Å². The molecule has 0 aliphatic rings. The van der Waals surface area contributed by atoms with Gasteiger partial charge in [-0.25, -0.2) is 0 Å². The molecule has 158 valence electrons. The molecule has 0 saturated heterocycles. The number of rotatable bonds is 9. The lowest BCUT2D eigenvalue weighted by atomic mass is 10.0. The number of ether oxygens (including phenoxy) is 2. The predicted molar refractivity (Wildman–Crippen MR) is 117 cm³/mol. The highest BCUT2D eigenvalue weighted by Crippen LogP contribution is 2.23. The molecule has 0 spiro atoms. The lowest BCUT2D eigenvalue weighted by Crippen LogP contribution is -2.29. The van der Waals surface area contributed by atoms with Gasteiger partial charge in [-0.2, -0.15) is 0 Å². The average molecular weight is 409 g/mol. The Labute approximate surface area is 176 Å². The normalized spacial score (nSPS) is 11.8. The molecule has 0 fully saturated rings. The zero-order chi connectivity index (χ0) is 21.5. The van der Waals surface area contributed by atoms with E-state index in [1.165, 1.54) is 6.92 Å². The summed E-state index contributed by atoms with van der Waals surface area (Å²) in [6.07, 6.45) is 2.13. The first-order valence-electron chi connectivity index (χ1n) is 9.79. The number of fused-ring (bicyclic) bond motifs is 1. The van der Waals surface area contributed by atoms with Gasteiger partial charge in [0.2, 0.25) is 11.8 Å². The Bertz CT molecular complexity index is 1010. The molecule has 2 aromatic carbocycles. The van der Waals surface area contributed by atoms with Gasteiger partial charge in [-0.3, -0.25) is 9.59 Å². The van der Waals surface area contributed by atoms with Crippen LogP contribution in [0.1, 0.15) is 24.9 Å². The van der Waals surface area contributed by atoms with Crippen molar-refractivity contribution in [2.75, 3.05) is 26.1 Å². The number of methoxy groups -OCH3 is 2. The number of carbonyl (C=O) groups is 2. The molecule has 7 heteroatoms. The van der Waals surface area contributed by atoms with Crippen molar-refractivity contribution in [1.29, 1.82) is 0 Å². The van der Waals surface area contributed by atoms with Crippen molar-refractivity contribution in [3.63, 3.8) is 0 Å². The Balaban J connectivity index is 1.70. The highest BCUT2D eigenvalue weighted by molar-refractivity contribution is 5.94. The maximum absolute atomic E-state index is 12.7. The summed E-state index contributed by atoms with van der Waals surface area (Å²) in [6.45, 7) is 2.85. The molecule has 1 heterocycles. The van der Waals surface area contributed by atoms with Crippen molar-refractivity contribution < 1.29 is 19.1 Å². The van der Waals surface area contributed by atoms with E-state index < -0.39 is 6.04 Å². The Morgan fingerprint density at radius 2 is 1.83 bits per heavy atom. The molecule has 0 bridgehead atoms. The van der Waals surface area contributed by atoms with Crippen LogP contribution in [0, 0.1) is 0 Å². The monoisotopic (exact) mass is 409 g/mol. The van der Waals surface area contributed by atoms with Crippen LogP contribution in [0.25, 0.3) is 10.9 Å². The van der Waals surface area contributed by atoms with E-state index in [0.29, 0.717) is 12.3 Å². The van der Waals surface area contributed by atoms with Gasteiger partial charge in [0.15, 0.2) is 0 Å². The lowest BCUT2D eigenvalue weighted by molar-refractivity contribution is -0.120. The van der Waals surface area contributed by atoms with Gasteiger partial charge in [0.1, 0.15) is 5.75 Å². The van der Waals surface area contributed by atoms with Gasteiger partial charge in [-0.05, 0) is 42.0 Å². The number of carbonyl (C=O) groups excluding carboxylic acids is 2. The van der Waals surface area contributed by atoms with Gasteiger partial charge in [-0.1, -0.05) is 12.1 Å². The first kappa shape index (κ1) is 21.4. The zero-order valence-electron chi connectivity index (χ0n) is 17.5. The number of aromatic nitrogens is 1. The largest absolute Gasteiger partial charge is 0.497 e. The van der Waals surface area contributed by atoms with E-state index in [2.05, 4.69) is 15.2 Å². The molecule has 1 unspecified atom stereocenters. The molecule has 1 aromatic heterocycles. The van der Waals surface area contributed by atoms with Crippen LogP contribution in [0.5, 0.6) is 5.75 Å². The average Bonchev–Trinajstić information content (AvgIpc) is 3.13. The number of benzene rings is 2. The zero-order valence-corrected chi connectivity index (χ0v) is 17.5. The quantitative estimate of drug-likeness (QED) is 0.567. The van der Waals surface area contributed by atoms with E-state index in [4.69, 9.17) is 9.47 Å². The second-order valence-electron chi connectivity index (χ2n) is 7.05. The van der Waals surface area contributed by atoms with Crippen LogP contribution in [-0.2, 0) is 20.9 Å². The van der Waals surface area contributed by atoms with E-state index >= 15 is 0 Å². The summed E-state index contributed by atoms with van der Waals surface area (Å²) < 4.78 is 12.4. The fourth-order valence-electron chi connectivity index (χ4n) is 3.39. The molecule has 0 radical (unpaired) electrons. The van der Waals surface area contributed by atoms with Gasteiger partial charge < -0.3 is 24.7 Å². The van der Waals surface area contributed by atoms with Crippen molar-refractivity contribution >= 4 is 28.4 Å². The molecular formula is C23H27N3O4. The summed E-state index contributed by atoms with van der Waals surface area (Å²) >= 11 is 0. The molecule has 1 atom stereocenters. The number of hydrogen-bond donors (Lipinski definition) is 2. The molecule has 30 heavy (non-hydrogen) atoms. The Morgan fingerprint density at radius 1 is 1.07 bits per heavy atom. The Kier molecular flexibility index (Phi) is 7.08. The fraction of sp³-hybridized carbons (Fsp3) is 0.304. The third kappa shape index (κ3) is 5.39. The standard InChI is InChI=1S/C23H27N3O4/c1-16(27)24-21(17-4-7-20(30-3)8-5-17)15-23(28)25-19-6-9-22-18(14-19)10-11-26(22)12-13-29-2/h4-11,14,21H,12-13,15H2,1-3H3,(H,24,27)(H,25,28). The maximum Gasteiger partial charge on any atom is 0.226 e. The summed E-state index contributed by atoms with van der Waals surface area (Å²) in [5.74, 6) is 0.348. The first-order chi connectivity index (χ1) is 14.5. The topological polar surface area (TPSA) is 81.6 Å². The molecule has 0 saturated carbocycles.